The van der Waals surface area contributed by atoms with Crippen LogP contribution in [0.15, 0.2) is 29.4 Å². The number of carboxylic acid groups (broad SMARTS) is 1. The Balaban J connectivity index is 1.54. The molecule has 0 amide bonds. The quantitative estimate of drug-likeness (QED) is 0.0984. The van der Waals surface area contributed by atoms with Gasteiger partial charge in [0.05, 0.1) is 22.2 Å². The van der Waals surface area contributed by atoms with Crippen LogP contribution in [-0.4, -0.2) is 47.6 Å². The van der Waals surface area contributed by atoms with Gasteiger partial charge in [0, 0.05) is 24.9 Å². The van der Waals surface area contributed by atoms with Crippen LogP contribution in [0.1, 0.15) is 121 Å². The summed E-state index contributed by atoms with van der Waals surface area (Å²) in [5, 5.41) is 8.93. The van der Waals surface area contributed by atoms with E-state index < -0.39 is 21.6 Å². The number of nitrogens with one attached hydrogen (secondary N) is 1. The molecule has 0 aliphatic rings. The molecule has 2 aromatic rings. The van der Waals surface area contributed by atoms with E-state index in [1.165, 1.54) is 63.5 Å². The van der Waals surface area contributed by atoms with Crippen molar-refractivity contribution in [3.63, 3.8) is 0 Å². The minimum absolute atomic E-state index is 0.0859. The Morgan fingerprint density at radius 3 is 1.82 bits per heavy atom. The molecule has 246 valence electrons. The third-order valence-electron chi connectivity index (χ3n) is 6.60. The Labute approximate surface area is 271 Å². The number of anilines is 1. The van der Waals surface area contributed by atoms with Gasteiger partial charge in [-0.2, -0.15) is 0 Å². The number of hydrogen-bond acceptors (Lipinski definition) is 8. The van der Waals surface area contributed by atoms with Crippen LogP contribution >= 0.6 is 23.2 Å². The van der Waals surface area contributed by atoms with Gasteiger partial charge >= 0.3 is 11.9 Å². The van der Waals surface area contributed by atoms with Gasteiger partial charge in [-0.15, -0.1) is 0 Å². The molecule has 2 N–H and O–H groups in total. The molecule has 0 saturated carbocycles. The Morgan fingerprint density at radius 2 is 1.32 bits per heavy atom. The van der Waals surface area contributed by atoms with Crippen LogP contribution in [0.5, 0.6) is 5.75 Å². The van der Waals surface area contributed by atoms with E-state index in [0.29, 0.717) is 18.8 Å². The minimum atomic E-state index is -4.18. The van der Waals surface area contributed by atoms with E-state index in [4.69, 9.17) is 37.8 Å². The summed E-state index contributed by atoms with van der Waals surface area (Å²) in [5.74, 6) is -1.34. The first-order valence-corrected chi connectivity index (χ1v) is 17.4. The molecule has 0 unspecified atom stereocenters. The van der Waals surface area contributed by atoms with Crippen LogP contribution in [-0.2, 0) is 19.6 Å². The average Bonchev–Trinajstić information content (AvgIpc) is 2.93. The van der Waals surface area contributed by atoms with Crippen molar-refractivity contribution < 1.29 is 32.6 Å². The number of carboxylic acids is 1. The van der Waals surface area contributed by atoms with Gasteiger partial charge in [-0.05, 0) is 39.7 Å². The van der Waals surface area contributed by atoms with E-state index in [-0.39, 0.29) is 32.4 Å². The zero-order valence-electron chi connectivity index (χ0n) is 25.9. The van der Waals surface area contributed by atoms with Crippen molar-refractivity contribution in [1.82, 2.24) is 9.97 Å². The van der Waals surface area contributed by atoms with Crippen molar-refractivity contribution in [2.75, 3.05) is 11.3 Å². The van der Waals surface area contributed by atoms with Gasteiger partial charge < -0.3 is 14.6 Å². The molecule has 1 aromatic carbocycles. The summed E-state index contributed by atoms with van der Waals surface area (Å²) in [7, 11) is -4.18. The zero-order chi connectivity index (χ0) is 32.6. The van der Waals surface area contributed by atoms with Crippen LogP contribution in [0.3, 0.4) is 0 Å². The molecule has 2 rings (SSSR count). The third-order valence-corrected chi connectivity index (χ3v) is 8.69. The SMILES string of the molecule is CC(C)(C)OC(=O)CCCCCCCCCCCCCCCOc1cc(Cl)c(S(=O)(=O)Nc2ncc(C(=O)O)cn2)cc1Cl. The smallest absolute Gasteiger partial charge is 0.338 e. The maximum absolute atomic E-state index is 12.8. The molecule has 0 fully saturated rings. The van der Waals surface area contributed by atoms with E-state index >= 15 is 0 Å². The second-order valence-corrected chi connectivity index (χ2v) is 14.2. The molecule has 13 heteroatoms. The lowest BCUT2D eigenvalue weighted by atomic mass is 10.0. The second-order valence-electron chi connectivity index (χ2n) is 11.7. The number of rotatable bonds is 21. The maximum Gasteiger partial charge on any atom is 0.338 e. The van der Waals surface area contributed by atoms with Gasteiger partial charge in [0.25, 0.3) is 10.0 Å². The highest BCUT2D eigenvalue weighted by Crippen LogP contribution is 2.34. The van der Waals surface area contributed by atoms with Crippen LogP contribution < -0.4 is 9.46 Å². The molecule has 0 aliphatic carbocycles. The van der Waals surface area contributed by atoms with Gasteiger partial charge in [-0.1, -0.05) is 93.8 Å². The number of aromatic nitrogens is 2. The number of sulfonamides is 1. The normalized spacial score (nSPS) is 11.8. The number of ether oxygens (including phenoxy) is 2. The molecule has 44 heavy (non-hydrogen) atoms. The Bertz CT molecular complexity index is 1300. The van der Waals surface area contributed by atoms with Gasteiger partial charge in [0.2, 0.25) is 5.95 Å². The molecule has 0 atom stereocenters. The lowest BCUT2D eigenvalue weighted by Gasteiger charge is -2.19. The highest BCUT2D eigenvalue weighted by molar-refractivity contribution is 7.92. The third kappa shape index (κ3) is 14.9. The summed E-state index contributed by atoms with van der Waals surface area (Å²) in [6.07, 6.45) is 17.2. The summed E-state index contributed by atoms with van der Waals surface area (Å²) < 4.78 is 38.7. The number of carbonyl (C=O) groups excluding carboxylic acids is 1. The number of aromatic carboxylic acids is 1. The highest BCUT2D eigenvalue weighted by atomic mass is 35.5. The van der Waals surface area contributed by atoms with Crippen LogP contribution in [0.25, 0.3) is 0 Å². The molecule has 1 heterocycles. The zero-order valence-corrected chi connectivity index (χ0v) is 28.2. The maximum atomic E-state index is 12.8. The Morgan fingerprint density at radius 1 is 0.818 bits per heavy atom. The van der Waals surface area contributed by atoms with Crippen molar-refractivity contribution in [2.45, 2.75) is 121 Å². The largest absolute Gasteiger partial charge is 0.492 e. The monoisotopic (exact) mass is 673 g/mol. The average molecular weight is 675 g/mol. The standard InChI is InChI=1S/C31H45Cl2N3O7S/c1-31(2,3)43-28(37)17-15-13-11-9-7-5-4-6-8-10-12-14-16-18-42-26-19-25(33)27(20-24(26)32)44(40,41)36-30-34-21-23(22-35-30)29(38)39/h19-22H,4-18H2,1-3H3,(H,38,39)(H,34,35,36). The molecule has 0 aliphatic heterocycles. The number of hydrogen-bond donors (Lipinski definition) is 2. The lowest BCUT2D eigenvalue weighted by Crippen LogP contribution is -2.23. The Kier molecular flexibility index (Phi) is 16.2. The fourth-order valence-corrected chi connectivity index (χ4v) is 6.17. The van der Waals surface area contributed by atoms with Crippen molar-refractivity contribution in [3.05, 3.63) is 40.1 Å². The van der Waals surface area contributed by atoms with E-state index in [1.54, 1.807) is 0 Å². The first-order chi connectivity index (χ1) is 20.8. The topological polar surface area (TPSA) is 145 Å². The highest BCUT2D eigenvalue weighted by Gasteiger charge is 2.22. The number of unbranched alkanes of at least 4 members (excludes halogenated alkanes) is 12. The first-order valence-electron chi connectivity index (χ1n) is 15.2. The van der Waals surface area contributed by atoms with Crippen molar-refractivity contribution in [2.24, 2.45) is 0 Å². The first kappa shape index (κ1) is 37.6. The molecule has 0 bridgehead atoms. The van der Waals surface area contributed by atoms with Crippen LogP contribution in [0.4, 0.5) is 5.95 Å². The summed E-state index contributed by atoms with van der Waals surface area (Å²) in [4.78, 5) is 29.7. The van der Waals surface area contributed by atoms with Crippen LogP contribution in [0.2, 0.25) is 10.0 Å². The molecule has 1 aromatic heterocycles. The predicted molar refractivity (Wildman–Crippen MR) is 172 cm³/mol. The molecular formula is C31H45Cl2N3O7S. The second kappa shape index (κ2) is 19.0. The van der Waals surface area contributed by atoms with Crippen molar-refractivity contribution in [3.8, 4) is 5.75 Å². The number of benzene rings is 1. The van der Waals surface area contributed by atoms with Gasteiger partial charge in [0.15, 0.2) is 0 Å². The minimum Gasteiger partial charge on any atom is -0.492 e. The van der Waals surface area contributed by atoms with E-state index in [1.807, 2.05) is 20.8 Å². The lowest BCUT2D eigenvalue weighted by molar-refractivity contribution is -0.154. The Hall–Kier alpha value is -2.63. The predicted octanol–water partition coefficient (Wildman–Crippen LogP) is 8.46. The summed E-state index contributed by atoms with van der Waals surface area (Å²) >= 11 is 12.5. The van der Waals surface area contributed by atoms with E-state index in [2.05, 4.69) is 14.7 Å². The fourth-order valence-electron chi connectivity index (χ4n) is 4.38. The van der Waals surface area contributed by atoms with Gasteiger partial charge in [-0.25, -0.2) is 27.9 Å². The van der Waals surface area contributed by atoms with Gasteiger partial charge in [-0.3, -0.25) is 4.79 Å². The summed E-state index contributed by atoms with van der Waals surface area (Å²) in [6, 6.07) is 2.55. The van der Waals surface area contributed by atoms with E-state index in [9.17, 15) is 18.0 Å². The summed E-state index contributed by atoms with van der Waals surface area (Å²) in [5.41, 5.74) is -0.583. The van der Waals surface area contributed by atoms with Gasteiger partial charge in [0.1, 0.15) is 16.2 Å². The number of carbonyl (C=O) groups is 2. The van der Waals surface area contributed by atoms with Crippen LogP contribution in [0, 0.1) is 0 Å². The molecule has 10 nitrogen and oxygen atoms in total. The van der Waals surface area contributed by atoms with Crippen molar-refractivity contribution >= 4 is 51.1 Å². The molecule has 0 radical (unpaired) electrons. The molecule has 0 spiro atoms. The summed E-state index contributed by atoms with van der Waals surface area (Å²) in [6.45, 7) is 6.11. The molecular weight excluding hydrogens is 629 g/mol. The fraction of sp³-hybridized carbons (Fsp3) is 0.613. The number of esters is 1. The van der Waals surface area contributed by atoms with E-state index in [0.717, 1.165) is 44.5 Å². The molecule has 0 saturated heterocycles. The van der Waals surface area contributed by atoms with Crippen molar-refractivity contribution in [1.29, 1.82) is 0 Å². The number of halogens is 2. The number of nitrogens with zero attached hydrogens (tertiary/aromatic N) is 2.